The van der Waals surface area contributed by atoms with E-state index in [4.69, 9.17) is 4.74 Å². The zero-order valence-electron chi connectivity index (χ0n) is 11.8. The monoisotopic (exact) mass is 251 g/mol. The Labute approximate surface area is 110 Å². The minimum Gasteiger partial charge on any atom is -0.480 e. The summed E-state index contributed by atoms with van der Waals surface area (Å²) in [5.41, 5.74) is 0.935. The van der Waals surface area contributed by atoms with Gasteiger partial charge in [0.2, 0.25) is 5.88 Å². The number of nitrogens with one attached hydrogen (secondary N) is 1. The Kier molecular flexibility index (Phi) is 7.34. The summed E-state index contributed by atoms with van der Waals surface area (Å²) in [5.74, 6) is 0.641. The lowest BCUT2D eigenvalue weighted by Crippen LogP contribution is -2.24. The van der Waals surface area contributed by atoms with Crippen LogP contribution in [0.1, 0.15) is 57.7 Å². The molecule has 0 aliphatic carbocycles. The maximum Gasteiger partial charge on any atom is 0.236 e. The molecule has 0 radical (unpaired) electrons. The first-order valence-corrected chi connectivity index (χ1v) is 6.91. The molecule has 1 aromatic rings. The van der Waals surface area contributed by atoms with E-state index in [0.717, 1.165) is 25.1 Å². The van der Waals surface area contributed by atoms with Crippen molar-refractivity contribution in [2.45, 2.75) is 52.0 Å². The third kappa shape index (κ3) is 4.61. The molecule has 0 aliphatic heterocycles. The third-order valence-corrected chi connectivity index (χ3v) is 2.95. The second kappa shape index (κ2) is 8.86. The van der Waals surface area contributed by atoms with Crippen LogP contribution >= 0.6 is 0 Å². The summed E-state index contributed by atoms with van der Waals surface area (Å²) in [6.45, 7) is 5.39. The molecule has 4 nitrogen and oxygen atoms in total. The van der Waals surface area contributed by atoms with Crippen molar-refractivity contribution >= 4 is 0 Å². The van der Waals surface area contributed by atoms with Crippen LogP contribution in [-0.4, -0.2) is 23.6 Å². The van der Waals surface area contributed by atoms with Gasteiger partial charge in [-0.2, -0.15) is 0 Å². The van der Waals surface area contributed by atoms with Crippen molar-refractivity contribution in [2.75, 3.05) is 13.7 Å². The minimum absolute atomic E-state index is 0.250. The number of unbranched alkanes of at least 4 members (excludes halogenated alkanes) is 2. The predicted octanol–water partition coefficient (Wildman–Crippen LogP) is 3.11. The fourth-order valence-corrected chi connectivity index (χ4v) is 1.98. The zero-order valence-corrected chi connectivity index (χ0v) is 11.8. The van der Waals surface area contributed by atoms with Gasteiger partial charge in [0, 0.05) is 12.4 Å². The zero-order chi connectivity index (χ0) is 13.2. The molecule has 0 bridgehead atoms. The molecular formula is C14H25N3O. The van der Waals surface area contributed by atoms with Gasteiger partial charge in [-0.15, -0.1) is 0 Å². The van der Waals surface area contributed by atoms with Crippen LogP contribution in [0.4, 0.5) is 0 Å². The fraction of sp³-hybridized carbons (Fsp3) is 0.714. The van der Waals surface area contributed by atoms with E-state index in [-0.39, 0.29) is 6.04 Å². The molecule has 0 spiro atoms. The van der Waals surface area contributed by atoms with E-state index >= 15 is 0 Å². The Morgan fingerprint density at radius 1 is 1.17 bits per heavy atom. The van der Waals surface area contributed by atoms with Gasteiger partial charge in [0.1, 0.15) is 5.69 Å². The van der Waals surface area contributed by atoms with Crippen molar-refractivity contribution in [1.82, 2.24) is 15.3 Å². The number of nitrogens with zero attached hydrogens (tertiary/aromatic N) is 2. The summed E-state index contributed by atoms with van der Waals surface area (Å²) >= 11 is 0. The van der Waals surface area contributed by atoms with Crippen LogP contribution in [-0.2, 0) is 0 Å². The second-order valence-corrected chi connectivity index (χ2v) is 4.45. The number of hydrogen-bond acceptors (Lipinski definition) is 4. The van der Waals surface area contributed by atoms with Crippen LogP contribution < -0.4 is 10.1 Å². The molecule has 18 heavy (non-hydrogen) atoms. The topological polar surface area (TPSA) is 47.0 Å². The van der Waals surface area contributed by atoms with Crippen LogP contribution in [0.5, 0.6) is 5.88 Å². The summed E-state index contributed by atoms with van der Waals surface area (Å²) in [4.78, 5) is 8.66. The molecule has 4 heteroatoms. The average molecular weight is 251 g/mol. The standard InChI is InChI=1S/C14H25N3O/c1-4-6-7-8-12(15-9-5-2)13-14(18-3)17-11-10-16-13/h10-12,15H,4-9H2,1-3H3. The predicted molar refractivity (Wildman–Crippen MR) is 73.8 cm³/mol. The highest BCUT2D eigenvalue weighted by Gasteiger charge is 2.17. The molecule has 1 rings (SSSR count). The van der Waals surface area contributed by atoms with Crippen molar-refractivity contribution in [3.8, 4) is 5.88 Å². The second-order valence-electron chi connectivity index (χ2n) is 4.45. The molecule has 1 heterocycles. The first-order valence-electron chi connectivity index (χ1n) is 6.91. The fourth-order valence-electron chi connectivity index (χ4n) is 1.98. The van der Waals surface area contributed by atoms with Gasteiger partial charge in [0.05, 0.1) is 13.2 Å². The molecule has 1 unspecified atom stereocenters. The van der Waals surface area contributed by atoms with Gasteiger partial charge in [-0.3, -0.25) is 4.98 Å². The van der Waals surface area contributed by atoms with Gasteiger partial charge < -0.3 is 10.1 Å². The lowest BCUT2D eigenvalue weighted by molar-refractivity contribution is 0.370. The molecule has 0 amide bonds. The molecule has 1 N–H and O–H groups in total. The van der Waals surface area contributed by atoms with Gasteiger partial charge in [-0.05, 0) is 19.4 Å². The lowest BCUT2D eigenvalue weighted by atomic mass is 10.1. The highest BCUT2D eigenvalue weighted by atomic mass is 16.5. The van der Waals surface area contributed by atoms with Crippen LogP contribution in [0.25, 0.3) is 0 Å². The van der Waals surface area contributed by atoms with E-state index in [1.807, 2.05) is 0 Å². The summed E-state index contributed by atoms with van der Waals surface area (Å²) in [7, 11) is 1.65. The Hall–Kier alpha value is -1.16. The molecule has 1 aromatic heterocycles. The van der Waals surface area contributed by atoms with Gasteiger partial charge in [0.15, 0.2) is 0 Å². The van der Waals surface area contributed by atoms with Crippen LogP contribution in [0.2, 0.25) is 0 Å². The smallest absolute Gasteiger partial charge is 0.236 e. The summed E-state index contributed by atoms with van der Waals surface area (Å²) in [6.07, 6.45) is 9.31. The SMILES string of the molecule is CCCCCC(NCCC)c1nccnc1OC. The van der Waals surface area contributed by atoms with E-state index in [1.54, 1.807) is 19.5 Å². The Balaban J connectivity index is 2.72. The Morgan fingerprint density at radius 2 is 1.94 bits per heavy atom. The Bertz CT molecular complexity index is 331. The van der Waals surface area contributed by atoms with E-state index < -0.39 is 0 Å². The summed E-state index contributed by atoms with van der Waals surface area (Å²) in [6, 6.07) is 0.250. The number of aromatic nitrogens is 2. The Morgan fingerprint density at radius 3 is 2.61 bits per heavy atom. The minimum atomic E-state index is 0.250. The summed E-state index contributed by atoms with van der Waals surface area (Å²) in [5, 5.41) is 3.54. The number of methoxy groups -OCH3 is 1. The van der Waals surface area contributed by atoms with Gasteiger partial charge in [0.25, 0.3) is 0 Å². The molecule has 0 saturated heterocycles. The van der Waals surface area contributed by atoms with Crippen LogP contribution in [0, 0.1) is 0 Å². The van der Waals surface area contributed by atoms with Crippen molar-refractivity contribution in [1.29, 1.82) is 0 Å². The van der Waals surface area contributed by atoms with E-state index in [9.17, 15) is 0 Å². The summed E-state index contributed by atoms with van der Waals surface area (Å²) < 4.78 is 5.30. The molecule has 0 saturated carbocycles. The highest BCUT2D eigenvalue weighted by Crippen LogP contribution is 2.24. The third-order valence-electron chi connectivity index (χ3n) is 2.95. The largest absolute Gasteiger partial charge is 0.480 e. The van der Waals surface area contributed by atoms with Crippen LogP contribution in [0.3, 0.4) is 0 Å². The molecular weight excluding hydrogens is 226 g/mol. The van der Waals surface area contributed by atoms with Crippen LogP contribution in [0.15, 0.2) is 12.4 Å². The number of hydrogen-bond donors (Lipinski definition) is 1. The van der Waals surface area contributed by atoms with Gasteiger partial charge >= 0.3 is 0 Å². The maximum atomic E-state index is 5.30. The van der Waals surface area contributed by atoms with Crippen molar-refractivity contribution in [3.63, 3.8) is 0 Å². The quantitative estimate of drug-likeness (QED) is 0.685. The maximum absolute atomic E-state index is 5.30. The van der Waals surface area contributed by atoms with E-state index in [2.05, 4.69) is 29.1 Å². The van der Waals surface area contributed by atoms with Gasteiger partial charge in [-0.1, -0.05) is 33.1 Å². The van der Waals surface area contributed by atoms with Gasteiger partial charge in [-0.25, -0.2) is 4.98 Å². The van der Waals surface area contributed by atoms with E-state index in [1.165, 1.54) is 19.3 Å². The lowest BCUT2D eigenvalue weighted by Gasteiger charge is -2.19. The first-order chi connectivity index (χ1) is 8.83. The number of ether oxygens (including phenoxy) is 1. The molecule has 0 aromatic carbocycles. The molecule has 102 valence electrons. The van der Waals surface area contributed by atoms with Crippen molar-refractivity contribution in [3.05, 3.63) is 18.1 Å². The van der Waals surface area contributed by atoms with Crippen molar-refractivity contribution < 1.29 is 4.74 Å². The number of rotatable bonds is 9. The normalized spacial score (nSPS) is 12.4. The van der Waals surface area contributed by atoms with E-state index in [0.29, 0.717) is 5.88 Å². The molecule has 1 atom stereocenters. The highest BCUT2D eigenvalue weighted by molar-refractivity contribution is 5.21. The molecule has 0 fully saturated rings. The average Bonchev–Trinajstić information content (AvgIpc) is 2.42. The molecule has 0 aliphatic rings. The van der Waals surface area contributed by atoms with Crippen molar-refractivity contribution in [2.24, 2.45) is 0 Å². The first kappa shape index (κ1) is 14.9.